The van der Waals surface area contributed by atoms with Crippen molar-refractivity contribution in [3.8, 4) is 0 Å². The van der Waals surface area contributed by atoms with Crippen LogP contribution in [0.4, 0.5) is 0 Å². The van der Waals surface area contributed by atoms with Crippen molar-refractivity contribution in [2.75, 3.05) is 13.2 Å². The number of hydrogen-bond donors (Lipinski definition) is 1. The molecule has 6 aliphatic rings. The van der Waals surface area contributed by atoms with Crippen LogP contribution in [0.1, 0.15) is 66.7 Å². The van der Waals surface area contributed by atoms with Crippen molar-refractivity contribution in [1.82, 2.24) is 0 Å². The molecule has 5 fully saturated rings. The van der Waals surface area contributed by atoms with E-state index >= 15 is 0 Å². The minimum atomic E-state index is -1.18. The van der Waals surface area contributed by atoms with Gasteiger partial charge in [-0.15, -0.1) is 0 Å². The first kappa shape index (κ1) is 24.1. The summed E-state index contributed by atoms with van der Waals surface area (Å²) in [6.07, 6.45) is 7.32. The average molecular weight is 487 g/mol. The zero-order valence-electron chi connectivity index (χ0n) is 21.9. The molecule has 6 rings (SSSR count). The lowest BCUT2D eigenvalue weighted by atomic mass is 9.43. The minimum absolute atomic E-state index is 0.0426. The molecule has 12 atom stereocenters. The summed E-state index contributed by atoms with van der Waals surface area (Å²) in [7, 11) is 0. The standard InChI is InChI=1S/C29H42O6/c1-15(2)23-8-19-10-27(13-30)22-7-6-16(3)21(22)11-28(19,29(23,27)26(31)32)14-34-24-9-20-17(4)12-33-25(20)18(5)35-24/h8,13,15-22,24-25H,6-7,9-12,14H2,1-5H3,(H,31,32)/t16-,17+,18-,19?,20-,21-,22-,24-,25-,27?,28?,29+/m1/s1. The first-order valence-electron chi connectivity index (χ1n) is 13.9. The van der Waals surface area contributed by atoms with Crippen molar-refractivity contribution in [2.45, 2.75) is 85.2 Å². The fourth-order valence-electron chi connectivity index (χ4n) is 10.3. The summed E-state index contributed by atoms with van der Waals surface area (Å²) in [5.74, 6) is 1.22. The van der Waals surface area contributed by atoms with Crippen molar-refractivity contribution in [3.63, 3.8) is 0 Å². The Morgan fingerprint density at radius 3 is 2.66 bits per heavy atom. The van der Waals surface area contributed by atoms with E-state index in [2.05, 4.69) is 40.7 Å². The molecule has 6 heteroatoms. The number of carboxylic acids is 1. The Morgan fingerprint density at radius 1 is 1.20 bits per heavy atom. The first-order chi connectivity index (χ1) is 16.6. The van der Waals surface area contributed by atoms with E-state index in [-0.39, 0.29) is 36.3 Å². The lowest BCUT2D eigenvalue weighted by molar-refractivity contribution is -0.251. The zero-order valence-corrected chi connectivity index (χ0v) is 21.9. The SMILES string of the molecule is CC(C)C1=CC2CC3(C=O)[C@@H]4CC[C@@H](C)[C@H]4CC2(CO[C@H]2C[C@H]4[C@H](OC[C@@H]4C)[C@@H](C)O2)[C@]13C(=O)O. The Hall–Kier alpha value is -1.24. The summed E-state index contributed by atoms with van der Waals surface area (Å²) < 4.78 is 18.9. The van der Waals surface area contributed by atoms with E-state index in [1.54, 1.807) is 0 Å². The van der Waals surface area contributed by atoms with E-state index in [0.29, 0.717) is 36.7 Å². The molecule has 2 heterocycles. The van der Waals surface area contributed by atoms with Gasteiger partial charge in [-0.25, -0.2) is 0 Å². The van der Waals surface area contributed by atoms with Gasteiger partial charge < -0.3 is 24.1 Å². The topological polar surface area (TPSA) is 82.1 Å². The van der Waals surface area contributed by atoms with Gasteiger partial charge in [0.2, 0.25) is 0 Å². The van der Waals surface area contributed by atoms with Gasteiger partial charge in [-0.05, 0) is 67.6 Å². The number of carboxylic acid groups (broad SMARTS) is 1. The highest BCUT2D eigenvalue weighted by atomic mass is 16.7. The van der Waals surface area contributed by atoms with Gasteiger partial charge in [0.1, 0.15) is 11.7 Å². The Morgan fingerprint density at radius 2 is 1.97 bits per heavy atom. The third kappa shape index (κ3) is 2.77. The third-order valence-electron chi connectivity index (χ3n) is 11.6. The van der Waals surface area contributed by atoms with E-state index in [0.717, 1.165) is 44.1 Å². The molecule has 3 saturated carbocycles. The average Bonchev–Trinajstić information content (AvgIpc) is 3.50. The van der Waals surface area contributed by atoms with Crippen LogP contribution in [-0.2, 0) is 23.8 Å². The summed E-state index contributed by atoms with van der Waals surface area (Å²) >= 11 is 0. The second-order valence-corrected chi connectivity index (χ2v) is 13.2. The van der Waals surface area contributed by atoms with E-state index in [1.807, 2.05) is 0 Å². The lowest BCUT2D eigenvalue weighted by Crippen LogP contribution is -2.63. The van der Waals surface area contributed by atoms with Crippen molar-refractivity contribution in [1.29, 1.82) is 0 Å². The monoisotopic (exact) mass is 486 g/mol. The maximum Gasteiger partial charge on any atom is 0.315 e. The number of rotatable bonds is 6. The molecule has 0 amide bonds. The summed E-state index contributed by atoms with van der Waals surface area (Å²) in [6, 6.07) is 0. The molecule has 2 aliphatic heterocycles. The molecule has 2 saturated heterocycles. The number of aldehydes is 1. The molecule has 0 spiro atoms. The van der Waals surface area contributed by atoms with Crippen LogP contribution in [0.15, 0.2) is 11.6 Å². The Bertz CT molecular complexity index is 943. The van der Waals surface area contributed by atoms with Crippen molar-refractivity contribution in [3.05, 3.63) is 11.6 Å². The fraction of sp³-hybridized carbons (Fsp3) is 0.862. The molecular formula is C29H42O6. The molecule has 0 aromatic heterocycles. The summed E-state index contributed by atoms with van der Waals surface area (Å²) in [5.41, 5.74) is -1.65. The highest BCUT2D eigenvalue weighted by molar-refractivity contribution is 5.90. The van der Waals surface area contributed by atoms with Gasteiger partial charge in [0, 0.05) is 11.8 Å². The van der Waals surface area contributed by atoms with Gasteiger partial charge in [0.15, 0.2) is 6.29 Å². The molecular weight excluding hydrogens is 444 g/mol. The largest absolute Gasteiger partial charge is 0.481 e. The van der Waals surface area contributed by atoms with Gasteiger partial charge in [-0.2, -0.15) is 0 Å². The Balaban J connectivity index is 1.39. The van der Waals surface area contributed by atoms with E-state index in [9.17, 15) is 14.7 Å². The van der Waals surface area contributed by atoms with Gasteiger partial charge >= 0.3 is 5.97 Å². The molecule has 6 nitrogen and oxygen atoms in total. The molecule has 1 N–H and O–H groups in total. The van der Waals surface area contributed by atoms with Crippen LogP contribution >= 0.6 is 0 Å². The summed E-state index contributed by atoms with van der Waals surface area (Å²) in [6.45, 7) is 11.9. The molecule has 194 valence electrons. The van der Waals surface area contributed by atoms with Crippen molar-refractivity contribution in [2.24, 2.45) is 57.7 Å². The quantitative estimate of drug-likeness (QED) is 0.432. The Labute approximate surface area is 209 Å². The maximum atomic E-state index is 13.5. The van der Waals surface area contributed by atoms with Crippen molar-refractivity contribution >= 4 is 12.3 Å². The van der Waals surface area contributed by atoms with Gasteiger partial charge in [-0.3, -0.25) is 4.79 Å². The highest BCUT2D eigenvalue weighted by Crippen LogP contribution is 2.82. The smallest absolute Gasteiger partial charge is 0.315 e. The van der Waals surface area contributed by atoms with Crippen LogP contribution in [0.25, 0.3) is 0 Å². The second kappa shape index (κ2) is 7.88. The summed E-state index contributed by atoms with van der Waals surface area (Å²) in [4.78, 5) is 26.7. The first-order valence-corrected chi connectivity index (χ1v) is 13.9. The molecule has 0 aromatic rings. The number of carbonyl (C=O) groups is 2. The number of allylic oxidation sites excluding steroid dienone is 1. The van der Waals surface area contributed by atoms with Crippen molar-refractivity contribution < 1.29 is 28.9 Å². The van der Waals surface area contributed by atoms with Crippen LogP contribution in [0.5, 0.6) is 0 Å². The second-order valence-electron chi connectivity index (χ2n) is 13.2. The normalized spacial score (nSPS) is 54.0. The number of fused-ring (bicyclic) bond motifs is 3. The molecule has 35 heavy (non-hydrogen) atoms. The van der Waals surface area contributed by atoms with Crippen LogP contribution in [0, 0.1) is 57.7 Å². The molecule has 0 radical (unpaired) electrons. The number of carbonyl (C=O) groups excluding carboxylic acids is 1. The number of aliphatic carboxylic acids is 1. The van der Waals surface area contributed by atoms with Crippen LogP contribution in [0.2, 0.25) is 0 Å². The number of ether oxygens (including phenoxy) is 3. The van der Waals surface area contributed by atoms with Gasteiger partial charge in [-0.1, -0.05) is 45.8 Å². The molecule has 3 unspecified atom stereocenters. The third-order valence-corrected chi connectivity index (χ3v) is 11.6. The van der Waals surface area contributed by atoms with Crippen LogP contribution in [-0.4, -0.2) is 49.1 Å². The maximum absolute atomic E-state index is 13.5. The predicted octanol–water partition coefficient (Wildman–Crippen LogP) is 4.71. The van der Waals surface area contributed by atoms with E-state index in [4.69, 9.17) is 14.2 Å². The van der Waals surface area contributed by atoms with E-state index in [1.165, 1.54) is 0 Å². The van der Waals surface area contributed by atoms with Gasteiger partial charge in [0.05, 0.1) is 30.8 Å². The minimum Gasteiger partial charge on any atom is -0.481 e. The molecule has 0 aromatic carbocycles. The Kier molecular flexibility index (Phi) is 5.43. The predicted molar refractivity (Wildman–Crippen MR) is 129 cm³/mol. The van der Waals surface area contributed by atoms with Crippen LogP contribution < -0.4 is 0 Å². The summed E-state index contributed by atoms with van der Waals surface area (Å²) in [5, 5.41) is 11.1. The molecule has 4 bridgehead atoms. The fourth-order valence-corrected chi connectivity index (χ4v) is 10.3. The lowest BCUT2D eigenvalue weighted by Gasteiger charge is -2.58. The number of hydrogen-bond acceptors (Lipinski definition) is 5. The molecule has 4 aliphatic carbocycles. The van der Waals surface area contributed by atoms with Gasteiger partial charge in [0.25, 0.3) is 0 Å². The van der Waals surface area contributed by atoms with E-state index < -0.39 is 22.2 Å². The van der Waals surface area contributed by atoms with Crippen LogP contribution in [0.3, 0.4) is 0 Å². The highest BCUT2D eigenvalue weighted by Gasteiger charge is 2.84. The zero-order chi connectivity index (χ0) is 24.9.